The van der Waals surface area contributed by atoms with Gasteiger partial charge in [0.2, 0.25) is 11.9 Å². The smallest absolute Gasteiger partial charge is 0.302 e. The molecule has 0 saturated carbocycles. The summed E-state index contributed by atoms with van der Waals surface area (Å²) < 4.78 is 5.44. The van der Waals surface area contributed by atoms with Gasteiger partial charge in [-0.3, -0.25) is 20.8 Å². The number of hydrogen-bond donors (Lipinski definition) is 3. The fourth-order valence-electron chi connectivity index (χ4n) is 2.36. The minimum atomic E-state index is -0.209. The van der Waals surface area contributed by atoms with Crippen molar-refractivity contribution in [2.75, 3.05) is 5.32 Å². The highest BCUT2D eigenvalue weighted by molar-refractivity contribution is 6.01. The highest BCUT2D eigenvalue weighted by atomic mass is 16.4. The van der Waals surface area contributed by atoms with Crippen molar-refractivity contribution in [3.8, 4) is 0 Å². The highest BCUT2D eigenvalue weighted by Gasteiger charge is 2.09. The Labute approximate surface area is 139 Å². The molecule has 2 aromatic carbocycles. The van der Waals surface area contributed by atoms with Gasteiger partial charge in [-0.05, 0) is 30.5 Å². The Hall–Kier alpha value is -3.15. The maximum atomic E-state index is 11.9. The lowest BCUT2D eigenvalue weighted by Crippen LogP contribution is -2.35. The molecule has 1 heterocycles. The average Bonchev–Trinajstić information content (AvgIpc) is 2.97. The van der Waals surface area contributed by atoms with E-state index in [9.17, 15) is 4.79 Å². The molecule has 1 amide bonds. The summed E-state index contributed by atoms with van der Waals surface area (Å²) in [5.74, 6) is -0.356. The van der Waals surface area contributed by atoms with E-state index in [1.165, 1.54) is 5.56 Å². The SMILES string of the molecule is N=C(NC(=O)CCCc1ccccc1)Nc1nc2ccccc2o1. The summed E-state index contributed by atoms with van der Waals surface area (Å²) in [4.78, 5) is 16.1. The van der Waals surface area contributed by atoms with Crippen LogP contribution in [0, 0.1) is 5.41 Å². The van der Waals surface area contributed by atoms with Crippen LogP contribution in [0.2, 0.25) is 0 Å². The van der Waals surface area contributed by atoms with Crippen LogP contribution in [0.15, 0.2) is 59.0 Å². The zero-order valence-corrected chi connectivity index (χ0v) is 13.1. The van der Waals surface area contributed by atoms with E-state index < -0.39 is 0 Å². The van der Waals surface area contributed by atoms with E-state index in [0.717, 1.165) is 12.8 Å². The van der Waals surface area contributed by atoms with Gasteiger partial charge in [0.1, 0.15) is 5.52 Å². The summed E-state index contributed by atoms with van der Waals surface area (Å²) in [6.45, 7) is 0. The first-order valence-electron chi connectivity index (χ1n) is 7.75. The molecule has 0 radical (unpaired) electrons. The van der Waals surface area contributed by atoms with Gasteiger partial charge in [0.25, 0.3) is 0 Å². The minimum Gasteiger partial charge on any atom is -0.423 e. The molecule has 3 rings (SSSR count). The van der Waals surface area contributed by atoms with E-state index in [2.05, 4.69) is 15.6 Å². The Kier molecular flexibility index (Phi) is 4.86. The summed E-state index contributed by atoms with van der Waals surface area (Å²) in [6, 6.07) is 17.5. The van der Waals surface area contributed by atoms with Crippen LogP contribution < -0.4 is 10.6 Å². The maximum Gasteiger partial charge on any atom is 0.302 e. The van der Waals surface area contributed by atoms with Gasteiger partial charge in [0.05, 0.1) is 0 Å². The third-order valence-corrected chi connectivity index (χ3v) is 3.50. The predicted octanol–water partition coefficient (Wildman–Crippen LogP) is 3.31. The number of carbonyl (C=O) groups is 1. The van der Waals surface area contributed by atoms with E-state index in [1.54, 1.807) is 6.07 Å². The lowest BCUT2D eigenvalue weighted by molar-refractivity contribution is -0.119. The molecule has 6 heteroatoms. The van der Waals surface area contributed by atoms with Gasteiger partial charge in [-0.15, -0.1) is 0 Å². The number of amides is 1. The molecule has 24 heavy (non-hydrogen) atoms. The number of aryl methyl sites for hydroxylation is 1. The molecule has 122 valence electrons. The van der Waals surface area contributed by atoms with Crippen molar-refractivity contribution in [1.29, 1.82) is 5.41 Å². The Morgan fingerprint density at radius 1 is 1.08 bits per heavy atom. The number of carbonyl (C=O) groups excluding carboxylic acids is 1. The molecule has 3 aromatic rings. The molecular weight excluding hydrogens is 304 g/mol. The number of anilines is 1. The van der Waals surface area contributed by atoms with E-state index in [4.69, 9.17) is 9.83 Å². The van der Waals surface area contributed by atoms with Crippen LogP contribution >= 0.6 is 0 Å². The standard InChI is InChI=1S/C18H18N4O2/c19-17(22-18-20-14-10-4-5-11-15(14)24-18)21-16(23)12-6-9-13-7-2-1-3-8-13/h1-5,7-8,10-11H,6,9,12H2,(H3,19,20,21,22,23). The normalized spacial score (nSPS) is 10.5. The fourth-order valence-corrected chi connectivity index (χ4v) is 2.36. The molecule has 6 nitrogen and oxygen atoms in total. The van der Waals surface area contributed by atoms with Crippen LogP contribution in [-0.2, 0) is 11.2 Å². The number of aromatic nitrogens is 1. The number of guanidine groups is 1. The highest BCUT2D eigenvalue weighted by Crippen LogP contribution is 2.17. The number of rotatable bonds is 5. The number of fused-ring (bicyclic) bond motifs is 1. The van der Waals surface area contributed by atoms with Crippen molar-refractivity contribution >= 4 is 29.0 Å². The molecular formula is C18H18N4O2. The summed E-state index contributed by atoms with van der Waals surface area (Å²) in [7, 11) is 0. The van der Waals surface area contributed by atoms with Crippen molar-refractivity contribution in [2.45, 2.75) is 19.3 Å². The Balaban J connectivity index is 1.45. The van der Waals surface area contributed by atoms with Crippen LogP contribution in [-0.4, -0.2) is 16.9 Å². The number of benzene rings is 2. The van der Waals surface area contributed by atoms with Gasteiger partial charge < -0.3 is 4.42 Å². The Morgan fingerprint density at radius 3 is 2.62 bits per heavy atom. The Morgan fingerprint density at radius 2 is 1.83 bits per heavy atom. The molecule has 0 aliphatic rings. The molecule has 1 aromatic heterocycles. The van der Waals surface area contributed by atoms with E-state index in [1.807, 2.05) is 48.5 Å². The largest absolute Gasteiger partial charge is 0.423 e. The van der Waals surface area contributed by atoms with Crippen LogP contribution in [0.1, 0.15) is 18.4 Å². The number of hydrogen-bond acceptors (Lipinski definition) is 4. The van der Waals surface area contributed by atoms with Crippen molar-refractivity contribution < 1.29 is 9.21 Å². The van der Waals surface area contributed by atoms with E-state index >= 15 is 0 Å². The van der Waals surface area contributed by atoms with Gasteiger partial charge in [-0.1, -0.05) is 42.5 Å². The van der Waals surface area contributed by atoms with Crippen LogP contribution in [0.4, 0.5) is 6.01 Å². The lowest BCUT2D eigenvalue weighted by Gasteiger charge is -2.06. The van der Waals surface area contributed by atoms with Crippen molar-refractivity contribution in [2.24, 2.45) is 0 Å². The van der Waals surface area contributed by atoms with Crippen molar-refractivity contribution in [3.63, 3.8) is 0 Å². The molecule has 0 aliphatic carbocycles. The predicted molar refractivity (Wildman–Crippen MR) is 92.9 cm³/mol. The minimum absolute atomic E-state index is 0.147. The molecule has 3 N–H and O–H groups in total. The number of oxazole rings is 1. The van der Waals surface area contributed by atoms with Gasteiger partial charge in [0.15, 0.2) is 5.58 Å². The summed E-state index contributed by atoms with van der Waals surface area (Å²) >= 11 is 0. The first-order valence-corrected chi connectivity index (χ1v) is 7.75. The Bertz CT molecular complexity index is 809. The fraction of sp³-hybridized carbons (Fsp3) is 0.167. The topological polar surface area (TPSA) is 91.0 Å². The second kappa shape index (κ2) is 7.41. The maximum absolute atomic E-state index is 11.9. The van der Waals surface area contributed by atoms with Crippen LogP contribution in [0.5, 0.6) is 0 Å². The molecule has 0 unspecified atom stereocenters. The van der Waals surface area contributed by atoms with Gasteiger partial charge >= 0.3 is 6.01 Å². The van der Waals surface area contributed by atoms with E-state index in [0.29, 0.717) is 17.5 Å². The molecule has 0 fully saturated rings. The molecule has 0 spiro atoms. The monoisotopic (exact) mass is 322 g/mol. The number of para-hydroxylation sites is 2. The zero-order valence-electron chi connectivity index (χ0n) is 13.1. The van der Waals surface area contributed by atoms with Gasteiger partial charge in [-0.2, -0.15) is 4.98 Å². The third-order valence-electron chi connectivity index (χ3n) is 3.50. The zero-order chi connectivity index (χ0) is 16.8. The molecule has 0 aliphatic heterocycles. The molecule has 0 saturated heterocycles. The van der Waals surface area contributed by atoms with Crippen molar-refractivity contribution in [1.82, 2.24) is 10.3 Å². The quantitative estimate of drug-likeness (QED) is 0.496. The van der Waals surface area contributed by atoms with Crippen LogP contribution in [0.3, 0.4) is 0 Å². The second-order valence-electron chi connectivity index (χ2n) is 5.37. The van der Waals surface area contributed by atoms with E-state index in [-0.39, 0.29) is 17.9 Å². The first-order chi connectivity index (χ1) is 11.7. The summed E-state index contributed by atoms with van der Waals surface area (Å²) in [6.07, 6.45) is 1.92. The summed E-state index contributed by atoms with van der Waals surface area (Å²) in [5, 5.41) is 12.9. The lowest BCUT2D eigenvalue weighted by atomic mass is 10.1. The second-order valence-corrected chi connectivity index (χ2v) is 5.37. The molecule has 0 bridgehead atoms. The third kappa shape index (κ3) is 4.19. The summed E-state index contributed by atoms with van der Waals surface area (Å²) in [5.41, 5.74) is 2.52. The van der Waals surface area contributed by atoms with Gasteiger partial charge in [0, 0.05) is 6.42 Å². The first kappa shape index (κ1) is 15.7. The number of nitrogens with zero attached hydrogens (tertiary/aromatic N) is 1. The number of nitrogens with one attached hydrogen (secondary N) is 3. The van der Waals surface area contributed by atoms with Crippen LogP contribution in [0.25, 0.3) is 11.1 Å². The van der Waals surface area contributed by atoms with Crippen molar-refractivity contribution in [3.05, 3.63) is 60.2 Å². The molecule has 0 atom stereocenters. The average molecular weight is 322 g/mol. The van der Waals surface area contributed by atoms with Gasteiger partial charge in [-0.25, -0.2) is 0 Å².